The molecule has 1 N–H and O–H groups in total. The molecule has 2 aliphatic rings. The van der Waals surface area contributed by atoms with E-state index < -0.39 is 10.0 Å². The number of sulfonamides is 1. The van der Waals surface area contributed by atoms with Crippen LogP contribution in [0.1, 0.15) is 44.6 Å². The number of nitrogens with zero attached hydrogens (tertiary/aromatic N) is 1. The number of benzene rings is 1. The Morgan fingerprint density at radius 3 is 2.95 bits per heavy atom. The normalized spacial score (nSPS) is 23.4. The number of rotatable bonds is 3. The Hall–Kier alpha value is -1.07. The molecule has 1 aromatic rings. The Morgan fingerprint density at radius 1 is 1.29 bits per heavy atom. The van der Waals surface area contributed by atoms with Crippen molar-refractivity contribution in [2.24, 2.45) is 0 Å². The van der Waals surface area contributed by atoms with Crippen molar-refractivity contribution in [3.63, 3.8) is 0 Å². The summed E-state index contributed by atoms with van der Waals surface area (Å²) >= 11 is 0. The Kier molecular flexibility index (Phi) is 4.22. The molecular weight excluding hydrogens is 284 g/mol. The summed E-state index contributed by atoms with van der Waals surface area (Å²) < 4.78 is 27.8. The molecule has 0 aliphatic carbocycles. The molecule has 0 saturated carbocycles. The summed E-state index contributed by atoms with van der Waals surface area (Å²) in [6.07, 6.45) is 6.10. The second-order valence-corrected chi connectivity index (χ2v) is 7.91. The average molecular weight is 308 g/mol. The second kappa shape index (κ2) is 5.97. The lowest BCUT2D eigenvalue weighted by Gasteiger charge is -2.28. The SMILES string of the molecule is CCC1CCCCCN1S(=O)(=O)c1ccc2c(c1)NCC2. The van der Waals surface area contributed by atoms with Crippen LogP contribution in [-0.4, -0.2) is 31.9 Å². The highest BCUT2D eigenvalue weighted by Gasteiger charge is 2.32. The van der Waals surface area contributed by atoms with Gasteiger partial charge in [0.05, 0.1) is 4.90 Å². The molecule has 0 bridgehead atoms. The van der Waals surface area contributed by atoms with Gasteiger partial charge in [0.1, 0.15) is 0 Å². The third-order valence-corrected chi connectivity index (χ3v) is 6.64. The van der Waals surface area contributed by atoms with E-state index in [4.69, 9.17) is 0 Å². The van der Waals surface area contributed by atoms with Gasteiger partial charge in [-0.1, -0.05) is 25.8 Å². The molecule has 0 spiro atoms. The minimum absolute atomic E-state index is 0.152. The third kappa shape index (κ3) is 2.81. The lowest BCUT2D eigenvalue weighted by atomic mass is 10.1. The fourth-order valence-corrected chi connectivity index (χ4v) is 5.23. The molecule has 0 aromatic heterocycles. The summed E-state index contributed by atoms with van der Waals surface area (Å²) in [6, 6.07) is 5.70. The van der Waals surface area contributed by atoms with Crippen molar-refractivity contribution >= 4 is 15.7 Å². The van der Waals surface area contributed by atoms with E-state index in [9.17, 15) is 8.42 Å². The van der Waals surface area contributed by atoms with Crippen molar-refractivity contribution in [3.8, 4) is 0 Å². The molecule has 1 unspecified atom stereocenters. The maximum atomic E-state index is 13.0. The molecule has 1 saturated heterocycles. The molecule has 0 radical (unpaired) electrons. The van der Waals surface area contributed by atoms with Crippen LogP contribution in [0.4, 0.5) is 5.69 Å². The van der Waals surface area contributed by atoms with Gasteiger partial charge in [-0.3, -0.25) is 0 Å². The molecule has 116 valence electrons. The lowest BCUT2D eigenvalue weighted by Crippen LogP contribution is -2.39. The van der Waals surface area contributed by atoms with E-state index in [1.54, 1.807) is 10.4 Å². The standard InChI is InChI=1S/C16H24N2O2S/c1-2-14-6-4-3-5-11-18(14)21(19,20)15-8-7-13-9-10-17-16(13)12-15/h7-8,12,14,17H,2-6,9-11H2,1H3. The first-order chi connectivity index (χ1) is 10.1. The first-order valence-corrected chi connectivity index (χ1v) is 9.45. The molecule has 5 heteroatoms. The molecule has 3 rings (SSSR count). The van der Waals surface area contributed by atoms with Crippen molar-refractivity contribution < 1.29 is 8.42 Å². The van der Waals surface area contributed by atoms with Crippen LogP contribution < -0.4 is 5.32 Å². The molecule has 1 fully saturated rings. The van der Waals surface area contributed by atoms with E-state index in [0.717, 1.165) is 50.8 Å². The topological polar surface area (TPSA) is 49.4 Å². The van der Waals surface area contributed by atoms with Crippen LogP contribution in [0.25, 0.3) is 0 Å². The number of nitrogens with one attached hydrogen (secondary N) is 1. The maximum Gasteiger partial charge on any atom is 0.243 e. The Balaban J connectivity index is 1.94. The average Bonchev–Trinajstić information content (AvgIpc) is 2.81. The van der Waals surface area contributed by atoms with Crippen LogP contribution in [0.15, 0.2) is 23.1 Å². The van der Waals surface area contributed by atoms with Gasteiger partial charge in [-0.05, 0) is 43.4 Å². The summed E-state index contributed by atoms with van der Waals surface area (Å²) in [4.78, 5) is 0.441. The summed E-state index contributed by atoms with van der Waals surface area (Å²) in [5.41, 5.74) is 2.20. The molecule has 21 heavy (non-hydrogen) atoms. The number of hydrogen-bond acceptors (Lipinski definition) is 3. The zero-order chi connectivity index (χ0) is 14.9. The van der Waals surface area contributed by atoms with Crippen LogP contribution in [0.3, 0.4) is 0 Å². The Bertz CT molecular complexity index is 613. The number of anilines is 1. The predicted molar refractivity (Wildman–Crippen MR) is 85.1 cm³/mol. The Morgan fingerprint density at radius 2 is 2.14 bits per heavy atom. The minimum Gasteiger partial charge on any atom is -0.384 e. The van der Waals surface area contributed by atoms with Gasteiger partial charge in [0, 0.05) is 24.8 Å². The van der Waals surface area contributed by atoms with Crippen molar-refractivity contribution in [1.82, 2.24) is 4.31 Å². The molecule has 1 atom stereocenters. The molecule has 2 aliphatic heterocycles. The summed E-state index contributed by atoms with van der Waals surface area (Å²) in [7, 11) is -3.37. The first kappa shape index (κ1) is 14.9. The molecule has 4 nitrogen and oxygen atoms in total. The van der Waals surface area contributed by atoms with Crippen LogP contribution in [-0.2, 0) is 16.4 Å². The zero-order valence-corrected chi connectivity index (χ0v) is 13.5. The van der Waals surface area contributed by atoms with Gasteiger partial charge in [0.2, 0.25) is 10.0 Å². The summed E-state index contributed by atoms with van der Waals surface area (Å²) in [5, 5.41) is 3.27. The van der Waals surface area contributed by atoms with Crippen molar-refractivity contribution in [1.29, 1.82) is 0 Å². The van der Waals surface area contributed by atoms with Gasteiger partial charge in [-0.15, -0.1) is 0 Å². The monoisotopic (exact) mass is 308 g/mol. The molecular formula is C16H24N2O2S. The maximum absolute atomic E-state index is 13.0. The van der Waals surface area contributed by atoms with Gasteiger partial charge in [-0.25, -0.2) is 8.42 Å². The van der Waals surface area contributed by atoms with E-state index in [2.05, 4.69) is 12.2 Å². The van der Waals surface area contributed by atoms with Crippen molar-refractivity contribution in [3.05, 3.63) is 23.8 Å². The molecule has 0 amide bonds. The zero-order valence-electron chi connectivity index (χ0n) is 12.6. The first-order valence-electron chi connectivity index (χ1n) is 8.01. The summed E-state index contributed by atoms with van der Waals surface area (Å²) in [6.45, 7) is 3.65. The number of hydrogen-bond donors (Lipinski definition) is 1. The highest BCUT2D eigenvalue weighted by Crippen LogP contribution is 2.30. The molecule has 2 heterocycles. The molecule has 1 aromatic carbocycles. The van der Waals surface area contributed by atoms with Gasteiger partial charge in [0.15, 0.2) is 0 Å². The van der Waals surface area contributed by atoms with E-state index >= 15 is 0 Å². The summed E-state index contributed by atoms with van der Waals surface area (Å²) in [5.74, 6) is 0. The van der Waals surface area contributed by atoms with Gasteiger partial charge in [0.25, 0.3) is 0 Å². The van der Waals surface area contributed by atoms with Crippen LogP contribution in [0, 0.1) is 0 Å². The fraction of sp³-hybridized carbons (Fsp3) is 0.625. The van der Waals surface area contributed by atoms with E-state index in [1.165, 1.54) is 5.56 Å². The third-order valence-electron chi connectivity index (χ3n) is 4.69. The minimum atomic E-state index is -3.37. The lowest BCUT2D eigenvalue weighted by molar-refractivity contribution is 0.315. The van der Waals surface area contributed by atoms with Crippen molar-refractivity contribution in [2.45, 2.75) is 56.4 Å². The Labute approximate surface area is 127 Å². The van der Waals surface area contributed by atoms with Gasteiger partial charge >= 0.3 is 0 Å². The second-order valence-electron chi connectivity index (χ2n) is 6.02. The van der Waals surface area contributed by atoms with E-state index in [1.807, 2.05) is 12.1 Å². The van der Waals surface area contributed by atoms with Crippen LogP contribution >= 0.6 is 0 Å². The quantitative estimate of drug-likeness (QED) is 0.934. The predicted octanol–water partition coefficient (Wildman–Crippen LogP) is 3.00. The van der Waals surface area contributed by atoms with Crippen LogP contribution in [0.5, 0.6) is 0 Å². The smallest absolute Gasteiger partial charge is 0.243 e. The largest absolute Gasteiger partial charge is 0.384 e. The van der Waals surface area contributed by atoms with Crippen LogP contribution in [0.2, 0.25) is 0 Å². The van der Waals surface area contributed by atoms with E-state index in [0.29, 0.717) is 11.4 Å². The van der Waals surface area contributed by atoms with Crippen molar-refractivity contribution in [2.75, 3.05) is 18.4 Å². The van der Waals surface area contributed by atoms with E-state index in [-0.39, 0.29) is 6.04 Å². The highest BCUT2D eigenvalue weighted by molar-refractivity contribution is 7.89. The van der Waals surface area contributed by atoms with Gasteiger partial charge in [-0.2, -0.15) is 4.31 Å². The van der Waals surface area contributed by atoms with Gasteiger partial charge < -0.3 is 5.32 Å². The fourth-order valence-electron chi connectivity index (χ4n) is 3.44. The number of fused-ring (bicyclic) bond motifs is 1. The highest BCUT2D eigenvalue weighted by atomic mass is 32.2.